The lowest BCUT2D eigenvalue weighted by molar-refractivity contribution is -0.146. The number of nitrogen functional groups attached to an aromatic ring is 1. The molecule has 2 N–H and O–H groups in total. The Morgan fingerprint density at radius 3 is 2.89 bits per heavy atom. The summed E-state index contributed by atoms with van der Waals surface area (Å²) in [5.74, 6) is 0.0165. The molecule has 0 amide bonds. The van der Waals surface area contributed by atoms with Gasteiger partial charge in [-0.25, -0.2) is 0 Å². The van der Waals surface area contributed by atoms with Crippen LogP contribution >= 0.6 is 0 Å². The minimum Gasteiger partial charge on any atom is -0.462 e. The predicted molar refractivity (Wildman–Crippen MR) is 64.9 cm³/mol. The molecule has 0 radical (unpaired) electrons. The van der Waals surface area contributed by atoms with Crippen molar-refractivity contribution in [1.29, 1.82) is 0 Å². The molecule has 0 unspecified atom stereocenters. The van der Waals surface area contributed by atoms with Crippen molar-refractivity contribution >= 4 is 11.8 Å². The van der Waals surface area contributed by atoms with Crippen molar-refractivity contribution in [2.45, 2.75) is 13.0 Å². The number of carbonyl (C=O) groups is 1. The van der Waals surface area contributed by atoms with E-state index in [1.54, 1.807) is 19.4 Å². The van der Waals surface area contributed by atoms with E-state index in [2.05, 4.69) is 5.10 Å². The van der Waals surface area contributed by atoms with Crippen LogP contribution in [0.4, 0.5) is 5.82 Å². The predicted octanol–water partition coefficient (Wildman–Crippen LogP) is 0.0616. The number of nitrogens with zero attached hydrogens (tertiary/aromatic N) is 2. The van der Waals surface area contributed by atoms with Crippen LogP contribution in [0.2, 0.25) is 0 Å². The highest BCUT2D eigenvalue weighted by atomic mass is 16.6. The van der Waals surface area contributed by atoms with E-state index in [4.69, 9.17) is 19.9 Å². The summed E-state index contributed by atoms with van der Waals surface area (Å²) in [6.07, 6.45) is 2.45. The van der Waals surface area contributed by atoms with Crippen LogP contribution in [0.5, 0.6) is 0 Å². The molecule has 0 aromatic carbocycles. The van der Waals surface area contributed by atoms with Gasteiger partial charge >= 0.3 is 5.97 Å². The number of carbonyl (C=O) groups excluding carboxylic acids is 1. The SMILES string of the molecule is COCCCOCCOC(=O)Cn1ccc(N)n1. The van der Waals surface area contributed by atoms with Crippen molar-refractivity contribution in [2.75, 3.05) is 39.3 Å². The standard InChI is InChI=1S/C11H19N3O4/c1-16-5-2-6-17-7-8-18-11(15)9-14-4-3-10(12)13-14/h3-4H,2,5-9H2,1H3,(H2,12,13). The molecule has 0 bridgehead atoms. The lowest BCUT2D eigenvalue weighted by Gasteiger charge is -2.06. The minimum atomic E-state index is -0.362. The lowest BCUT2D eigenvalue weighted by Crippen LogP contribution is -2.17. The Bertz CT molecular complexity index is 354. The molecule has 18 heavy (non-hydrogen) atoms. The Hall–Kier alpha value is -1.60. The minimum absolute atomic E-state index is 0.0564. The third-order valence-electron chi connectivity index (χ3n) is 2.08. The zero-order valence-electron chi connectivity index (χ0n) is 10.5. The second-order valence-corrected chi connectivity index (χ2v) is 3.62. The third kappa shape index (κ3) is 6.21. The maximum Gasteiger partial charge on any atom is 0.327 e. The second-order valence-electron chi connectivity index (χ2n) is 3.62. The van der Waals surface area contributed by atoms with Crippen LogP contribution in [0.25, 0.3) is 0 Å². The maximum absolute atomic E-state index is 11.4. The van der Waals surface area contributed by atoms with E-state index >= 15 is 0 Å². The molecule has 7 heteroatoms. The van der Waals surface area contributed by atoms with E-state index in [0.717, 1.165) is 6.42 Å². The summed E-state index contributed by atoms with van der Waals surface area (Å²) in [5, 5.41) is 3.88. The number of ether oxygens (including phenoxy) is 3. The number of nitrogens with two attached hydrogens (primary N) is 1. The van der Waals surface area contributed by atoms with Gasteiger partial charge in [0.1, 0.15) is 19.0 Å². The Kier molecular flexibility index (Phi) is 6.82. The molecule has 0 spiro atoms. The molecule has 0 aliphatic rings. The Balaban J connectivity index is 2.00. The average Bonchev–Trinajstić information content (AvgIpc) is 2.73. The monoisotopic (exact) mass is 257 g/mol. The zero-order chi connectivity index (χ0) is 13.2. The first kappa shape index (κ1) is 14.5. The van der Waals surface area contributed by atoms with Gasteiger partial charge in [-0.1, -0.05) is 0 Å². The first-order valence-corrected chi connectivity index (χ1v) is 5.73. The number of hydrogen-bond donors (Lipinski definition) is 1. The molecule has 7 nitrogen and oxygen atoms in total. The van der Waals surface area contributed by atoms with Crippen LogP contribution in [0.1, 0.15) is 6.42 Å². The highest BCUT2D eigenvalue weighted by Gasteiger charge is 2.04. The van der Waals surface area contributed by atoms with Gasteiger partial charge in [0, 0.05) is 26.5 Å². The molecule has 1 aromatic heterocycles. The first-order valence-electron chi connectivity index (χ1n) is 5.73. The average molecular weight is 257 g/mol. The number of methoxy groups -OCH3 is 1. The van der Waals surface area contributed by atoms with E-state index in [1.807, 2.05) is 0 Å². The summed E-state index contributed by atoms with van der Waals surface area (Å²) >= 11 is 0. The molecule has 1 heterocycles. The molecule has 0 fully saturated rings. The highest BCUT2D eigenvalue weighted by Crippen LogP contribution is 1.96. The van der Waals surface area contributed by atoms with Gasteiger partial charge in [-0.15, -0.1) is 0 Å². The number of hydrogen-bond acceptors (Lipinski definition) is 6. The quantitative estimate of drug-likeness (QED) is 0.497. The largest absolute Gasteiger partial charge is 0.462 e. The van der Waals surface area contributed by atoms with E-state index in [0.29, 0.717) is 25.6 Å². The van der Waals surface area contributed by atoms with Crippen molar-refractivity contribution in [3.63, 3.8) is 0 Å². The van der Waals surface area contributed by atoms with Crippen LogP contribution in [0, 0.1) is 0 Å². The topological polar surface area (TPSA) is 88.6 Å². The van der Waals surface area contributed by atoms with Crippen LogP contribution in [-0.2, 0) is 25.5 Å². The normalized spacial score (nSPS) is 10.5. The molecule has 0 saturated carbocycles. The summed E-state index contributed by atoms with van der Waals surface area (Å²) in [7, 11) is 1.64. The van der Waals surface area contributed by atoms with Crippen LogP contribution in [0.15, 0.2) is 12.3 Å². The summed E-state index contributed by atoms with van der Waals surface area (Å²) in [6.45, 7) is 1.95. The molecule has 0 saturated heterocycles. The molecule has 1 rings (SSSR count). The van der Waals surface area contributed by atoms with Gasteiger partial charge in [-0.05, 0) is 12.5 Å². The number of aromatic nitrogens is 2. The number of rotatable bonds is 9. The lowest BCUT2D eigenvalue weighted by atomic mass is 10.5. The molecular formula is C11H19N3O4. The molecule has 102 valence electrons. The molecule has 1 aromatic rings. The Labute approximate surface area is 106 Å². The summed E-state index contributed by atoms with van der Waals surface area (Å²) in [6, 6.07) is 1.62. The van der Waals surface area contributed by atoms with E-state index in [9.17, 15) is 4.79 Å². The van der Waals surface area contributed by atoms with Gasteiger partial charge in [-0.2, -0.15) is 5.10 Å². The fourth-order valence-corrected chi connectivity index (χ4v) is 1.27. The highest BCUT2D eigenvalue weighted by molar-refractivity contribution is 5.69. The summed E-state index contributed by atoms with van der Waals surface area (Å²) in [4.78, 5) is 11.4. The summed E-state index contributed by atoms with van der Waals surface area (Å²) < 4.78 is 16.5. The molecule has 0 aliphatic carbocycles. The van der Waals surface area contributed by atoms with Crippen LogP contribution in [-0.4, -0.2) is 49.3 Å². The van der Waals surface area contributed by atoms with Gasteiger partial charge in [-0.3, -0.25) is 9.48 Å². The number of anilines is 1. The van der Waals surface area contributed by atoms with E-state index in [1.165, 1.54) is 4.68 Å². The van der Waals surface area contributed by atoms with Crippen LogP contribution in [0.3, 0.4) is 0 Å². The third-order valence-corrected chi connectivity index (χ3v) is 2.08. The smallest absolute Gasteiger partial charge is 0.327 e. The molecule has 0 atom stereocenters. The van der Waals surface area contributed by atoms with Gasteiger partial charge in [0.15, 0.2) is 0 Å². The van der Waals surface area contributed by atoms with Gasteiger partial charge in [0.2, 0.25) is 0 Å². The van der Waals surface area contributed by atoms with E-state index in [-0.39, 0.29) is 19.1 Å². The van der Waals surface area contributed by atoms with Gasteiger partial charge in [0.25, 0.3) is 0 Å². The Morgan fingerprint density at radius 2 is 2.22 bits per heavy atom. The van der Waals surface area contributed by atoms with Crippen LogP contribution < -0.4 is 5.73 Å². The molecule has 0 aliphatic heterocycles. The van der Waals surface area contributed by atoms with Crippen molar-refractivity contribution in [3.8, 4) is 0 Å². The zero-order valence-corrected chi connectivity index (χ0v) is 10.5. The van der Waals surface area contributed by atoms with Gasteiger partial charge in [0.05, 0.1) is 6.61 Å². The van der Waals surface area contributed by atoms with Crippen molar-refractivity contribution < 1.29 is 19.0 Å². The molecular weight excluding hydrogens is 238 g/mol. The maximum atomic E-state index is 11.4. The van der Waals surface area contributed by atoms with Crippen molar-refractivity contribution in [2.24, 2.45) is 0 Å². The first-order chi connectivity index (χ1) is 8.72. The fraction of sp³-hybridized carbons (Fsp3) is 0.636. The van der Waals surface area contributed by atoms with E-state index < -0.39 is 0 Å². The second kappa shape index (κ2) is 8.48. The Morgan fingerprint density at radius 1 is 1.39 bits per heavy atom. The fourth-order valence-electron chi connectivity index (χ4n) is 1.27. The number of esters is 1. The van der Waals surface area contributed by atoms with Crippen molar-refractivity contribution in [1.82, 2.24) is 9.78 Å². The van der Waals surface area contributed by atoms with Gasteiger partial charge < -0.3 is 19.9 Å². The van der Waals surface area contributed by atoms with Crippen molar-refractivity contribution in [3.05, 3.63) is 12.3 Å². The summed E-state index contributed by atoms with van der Waals surface area (Å²) in [5.41, 5.74) is 5.42.